The molecule has 5 nitrogen and oxygen atoms in total. The molecular formula is C30H20F8N2O3. The Bertz CT molecular complexity index is 1780. The largest absolute Gasteiger partial charge is 0.481 e. The molecule has 0 aromatic heterocycles. The van der Waals surface area contributed by atoms with Crippen molar-refractivity contribution in [3.8, 4) is 0 Å². The number of carbonyl (C=O) groups excluding carboxylic acids is 1. The van der Waals surface area contributed by atoms with Crippen LogP contribution in [0.2, 0.25) is 0 Å². The third-order valence-electron chi connectivity index (χ3n) is 6.36. The van der Waals surface area contributed by atoms with Gasteiger partial charge in [-0.25, -0.2) is 35.1 Å². The first kappa shape index (κ1) is 31.0. The molecule has 0 saturated heterocycles. The van der Waals surface area contributed by atoms with Crippen LogP contribution in [-0.4, -0.2) is 17.0 Å². The highest BCUT2D eigenvalue weighted by molar-refractivity contribution is 6.07. The molecule has 224 valence electrons. The van der Waals surface area contributed by atoms with Crippen molar-refractivity contribution in [1.82, 2.24) is 0 Å². The van der Waals surface area contributed by atoms with Gasteiger partial charge in [-0.05, 0) is 37.1 Å². The Morgan fingerprint density at radius 3 is 2.00 bits per heavy atom. The summed E-state index contributed by atoms with van der Waals surface area (Å²) in [6, 6.07) is 9.86. The van der Waals surface area contributed by atoms with E-state index in [1.807, 2.05) is 6.92 Å². The monoisotopic (exact) mass is 608 g/mol. The summed E-state index contributed by atoms with van der Waals surface area (Å²) in [4.78, 5) is 23.6. The van der Waals surface area contributed by atoms with Gasteiger partial charge in [0.25, 0.3) is 0 Å². The summed E-state index contributed by atoms with van der Waals surface area (Å²) in [5.74, 6) is -14.7. The minimum absolute atomic E-state index is 0.0467. The van der Waals surface area contributed by atoms with Gasteiger partial charge < -0.3 is 10.4 Å². The lowest BCUT2D eigenvalue weighted by Crippen LogP contribution is -2.24. The topological polar surface area (TPSA) is 69.6 Å². The molecule has 0 radical (unpaired) electrons. The first-order chi connectivity index (χ1) is 20.2. The first-order valence-electron chi connectivity index (χ1n) is 12.4. The number of benzene rings is 4. The fourth-order valence-corrected chi connectivity index (χ4v) is 4.43. The Kier molecular flexibility index (Phi) is 8.74. The maximum atomic E-state index is 13.9. The van der Waals surface area contributed by atoms with E-state index in [9.17, 15) is 44.7 Å². The van der Waals surface area contributed by atoms with E-state index in [0.717, 1.165) is 16.0 Å². The number of rotatable bonds is 5. The van der Waals surface area contributed by atoms with Gasteiger partial charge in [0.05, 0.1) is 18.5 Å². The van der Waals surface area contributed by atoms with Crippen molar-refractivity contribution in [2.75, 3.05) is 10.2 Å². The van der Waals surface area contributed by atoms with E-state index in [4.69, 9.17) is 5.11 Å². The molecule has 0 fully saturated rings. The number of aliphatic carboxylic acids is 1. The normalized spacial score (nSPS) is 12.1. The molecule has 0 unspecified atom stereocenters. The van der Waals surface area contributed by atoms with E-state index in [2.05, 4.69) is 5.32 Å². The van der Waals surface area contributed by atoms with E-state index in [-0.39, 0.29) is 35.5 Å². The zero-order valence-electron chi connectivity index (χ0n) is 22.3. The molecule has 43 heavy (non-hydrogen) atoms. The predicted octanol–water partition coefficient (Wildman–Crippen LogP) is 7.69. The summed E-state index contributed by atoms with van der Waals surface area (Å²) in [6.07, 6.45) is -0.439. The lowest BCUT2D eigenvalue weighted by Gasteiger charge is -2.19. The number of carboxylic acids is 1. The summed E-state index contributed by atoms with van der Waals surface area (Å²) in [5, 5.41) is 11.1. The second-order valence-corrected chi connectivity index (χ2v) is 9.55. The molecule has 5 rings (SSSR count). The van der Waals surface area contributed by atoms with Gasteiger partial charge in [0.1, 0.15) is 11.4 Å². The van der Waals surface area contributed by atoms with Crippen LogP contribution in [0.5, 0.6) is 0 Å². The molecule has 1 aliphatic rings. The van der Waals surface area contributed by atoms with Gasteiger partial charge in [0, 0.05) is 17.8 Å². The number of anilines is 4. The van der Waals surface area contributed by atoms with Crippen molar-refractivity contribution in [1.29, 1.82) is 0 Å². The molecule has 13 heteroatoms. The van der Waals surface area contributed by atoms with Crippen LogP contribution in [0.15, 0.2) is 48.5 Å². The smallest absolute Gasteiger partial charge is 0.307 e. The molecule has 1 amide bonds. The average Bonchev–Trinajstić information content (AvgIpc) is 3.24. The van der Waals surface area contributed by atoms with E-state index in [0.29, 0.717) is 5.56 Å². The highest BCUT2D eigenvalue weighted by atomic mass is 19.2. The summed E-state index contributed by atoms with van der Waals surface area (Å²) >= 11 is 0. The Balaban J connectivity index is 0.000000197. The van der Waals surface area contributed by atoms with E-state index in [1.54, 1.807) is 25.1 Å². The van der Waals surface area contributed by atoms with Gasteiger partial charge in [-0.2, -0.15) is 0 Å². The van der Waals surface area contributed by atoms with Crippen molar-refractivity contribution in [2.45, 2.75) is 26.7 Å². The SMILES string of the molecule is Cc1ccc(Nc2c(F)cc(F)c(F)c2F)c(CC(=O)O)c1.Cc1ccc2c(c1)CC(=O)N2c1c(F)cc(F)c(F)c1F. The third kappa shape index (κ3) is 6.30. The van der Waals surface area contributed by atoms with Crippen LogP contribution in [0.1, 0.15) is 22.3 Å². The van der Waals surface area contributed by atoms with Crippen LogP contribution in [-0.2, 0) is 22.4 Å². The highest BCUT2D eigenvalue weighted by Gasteiger charge is 2.34. The Morgan fingerprint density at radius 2 is 1.35 bits per heavy atom. The quantitative estimate of drug-likeness (QED) is 0.139. The van der Waals surface area contributed by atoms with E-state index < -0.39 is 76.2 Å². The number of hydrogen-bond donors (Lipinski definition) is 2. The van der Waals surface area contributed by atoms with E-state index >= 15 is 0 Å². The number of halogens is 8. The molecular weight excluding hydrogens is 588 g/mol. The Labute approximate surface area is 239 Å². The van der Waals surface area contributed by atoms with Gasteiger partial charge >= 0.3 is 5.97 Å². The zero-order valence-corrected chi connectivity index (χ0v) is 22.3. The minimum Gasteiger partial charge on any atom is -0.481 e. The van der Waals surface area contributed by atoms with E-state index in [1.165, 1.54) is 18.2 Å². The fraction of sp³-hybridized carbons (Fsp3) is 0.133. The first-order valence-corrected chi connectivity index (χ1v) is 12.4. The van der Waals surface area contributed by atoms with Crippen LogP contribution in [0, 0.1) is 60.4 Å². The molecule has 0 atom stereocenters. The molecule has 1 aliphatic heterocycles. The van der Waals surface area contributed by atoms with Crippen LogP contribution < -0.4 is 10.2 Å². The number of carbonyl (C=O) groups is 2. The molecule has 2 N–H and O–H groups in total. The summed E-state index contributed by atoms with van der Waals surface area (Å²) < 4.78 is 107. The number of carboxylic acid groups (broad SMARTS) is 1. The Morgan fingerprint density at radius 1 is 0.767 bits per heavy atom. The van der Waals surface area contributed by atoms with Gasteiger partial charge in [0.15, 0.2) is 46.5 Å². The van der Waals surface area contributed by atoms with Crippen LogP contribution in [0.4, 0.5) is 57.9 Å². The summed E-state index contributed by atoms with van der Waals surface area (Å²) in [5.41, 5.74) is 1.07. The summed E-state index contributed by atoms with van der Waals surface area (Å²) in [6.45, 7) is 3.53. The van der Waals surface area contributed by atoms with Crippen LogP contribution in [0.25, 0.3) is 0 Å². The predicted molar refractivity (Wildman–Crippen MR) is 140 cm³/mol. The third-order valence-corrected chi connectivity index (χ3v) is 6.36. The van der Waals surface area contributed by atoms with Gasteiger partial charge in [-0.1, -0.05) is 35.4 Å². The number of nitrogens with zero attached hydrogens (tertiary/aromatic N) is 1. The molecule has 4 aromatic rings. The number of aryl methyl sites for hydroxylation is 2. The second-order valence-electron chi connectivity index (χ2n) is 9.55. The number of amides is 1. The maximum absolute atomic E-state index is 13.9. The Hall–Kier alpha value is -4.94. The van der Waals surface area contributed by atoms with Gasteiger partial charge in [0.2, 0.25) is 5.91 Å². The minimum atomic E-state index is -1.81. The van der Waals surface area contributed by atoms with Crippen molar-refractivity contribution in [3.63, 3.8) is 0 Å². The number of nitrogens with one attached hydrogen (secondary N) is 1. The van der Waals surface area contributed by atoms with Crippen molar-refractivity contribution < 1.29 is 49.8 Å². The maximum Gasteiger partial charge on any atom is 0.307 e. The van der Waals surface area contributed by atoms with Gasteiger partial charge in [-0.15, -0.1) is 0 Å². The number of fused-ring (bicyclic) bond motifs is 1. The molecule has 4 aromatic carbocycles. The molecule has 0 saturated carbocycles. The van der Waals surface area contributed by atoms with Crippen molar-refractivity contribution in [3.05, 3.63) is 117 Å². The van der Waals surface area contributed by atoms with Crippen molar-refractivity contribution >= 4 is 34.6 Å². The second kappa shape index (κ2) is 12.1. The summed E-state index contributed by atoms with van der Waals surface area (Å²) in [7, 11) is 0. The molecule has 1 heterocycles. The highest BCUT2D eigenvalue weighted by Crippen LogP contribution is 2.39. The standard InChI is InChI=1S/C15H11F4NO2.C15H9F4NO/c1-7-2-3-11(8(4-7)5-12(21)22)20-15-10(17)6-9(16)13(18)14(15)19;1-7-2-3-11-8(4-7)5-12(21)20(11)15-10(17)6-9(16)13(18)14(15)19/h2-4,6,20H,5H2,1H3,(H,21,22);2-4,6H,5H2,1H3. The lowest BCUT2D eigenvalue weighted by atomic mass is 10.1. The lowest BCUT2D eigenvalue weighted by molar-refractivity contribution is -0.136. The van der Waals surface area contributed by atoms with Crippen molar-refractivity contribution in [2.24, 2.45) is 0 Å². The molecule has 0 aliphatic carbocycles. The molecule has 0 spiro atoms. The van der Waals surface area contributed by atoms with Crippen LogP contribution >= 0.6 is 0 Å². The average molecular weight is 608 g/mol. The zero-order chi connectivity index (χ0) is 31.7. The van der Waals surface area contributed by atoms with Crippen LogP contribution in [0.3, 0.4) is 0 Å². The number of hydrogen-bond acceptors (Lipinski definition) is 3. The van der Waals surface area contributed by atoms with Gasteiger partial charge in [-0.3, -0.25) is 14.5 Å². The molecule has 0 bridgehead atoms. The fourth-order valence-electron chi connectivity index (χ4n) is 4.43.